The van der Waals surface area contributed by atoms with Gasteiger partial charge in [-0.2, -0.15) is 0 Å². The van der Waals surface area contributed by atoms with Gasteiger partial charge in [0.25, 0.3) is 5.56 Å². The van der Waals surface area contributed by atoms with Crippen LogP contribution >= 0.6 is 0 Å². The molecule has 0 atom stereocenters. The predicted octanol–water partition coefficient (Wildman–Crippen LogP) is 4.59. The first-order valence-electron chi connectivity index (χ1n) is 11.1. The molecule has 178 valence electrons. The van der Waals surface area contributed by atoms with Gasteiger partial charge in [0.1, 0.15) is 11.5 Å². The molecule has 35 heavy (non-hydrogen) atoms. The molecular formula is C27H25N3O5. The first kappa shape index (κ1) is 22.3. The summed E-state index contributed by atoms with van der Waals surface area (Å²) in [6.07, 6.45) is 0. The number of methoxy groups -OCH3 is 2. The molecule has 3 aromatic carbocycles. The van der Waals surface area contributed by atoms with E-state index in [9.17, 15) is 4.79 Å². The van der Waals surface area contributed by atoms with E-state index in [1.54, 1.807) is 14.2 Å². The minimum Gasteiger partial charge on any atom is -0.497 e. The number of H-pyrrole nitrogens is 1. The Morgan fingerprint density at radius 2 is 1.60 bits per heavy atom. The molecule has 1 aliphatic heterocycles. The number of hydrogen-bond acceptors (Lipinski definition) is 6. The second-order valence-electron chi connectivity index (χ2n) is 8.02. The van der Waals surface area contributed by atoms with Crippen molar-refractivity contribution in [1.82, 2.24) is 9.78 Å². The standard InChI is InChI=1S/C27H25N3O5/c1-17(28-15-18-4-13-23-24(14-18)35-16-34-23)25-26(19-5-9-21(32-2)10-6-19)29-30(27(25)31)20-7-11-22(33-3)12-8-20/h4-14,29H,15-16H2,1-3H3. The summed E-state index contributed by atoms with van der Waals surface area (Å²) in [5.41, 5.74) is 4.14. The molecule has 0 bridgehead atoms. The molecule has 0 aliphatic carbocycles. The van der Waals surface area contributed by atoms with E-state index >= 15 is 0 Å². The SMILES string of the molecule is COc1ccc(-c2[nH]n(-c3ccc(OC)cc3)c(=O)c2C(C)=NCc2ccc3c(c2)OCO3)cc1. The van der Waals surface area contributed by atoms with Gasteiger partial charge >= 0.3 is 0 Å². The zero-order valence-corrected chi connectivity index (χ0v) is 19.7. The van der Waals surface area contributed by atoms with Gasteiger partial charge in [-0.15, -0.1) is 0 Å². The Balaban J connectivity index is 1.55. The normalized spacial score (nSPS) is 12.6. The summed E-state index contributed by atoms with van der Waals surface area (Å²) >= 11 is 0. The van der Waals surface area contributed by atoms with Crippen molar-refractivity contribution in [3.8, 4) is 39.9 Å². The summed E-state index contributed by atoms with van der Waals surface area (Å²) in [5.74, 6) is 2.88. The van der Waals surface area contributed by atoms with Crippen LogP contribution in [0.25, 0.3) is 16.9 Å². The van der Waals surface area contributed by atoms with Crippen molar-refractivity contribution in [3.05, 3.63) is 88.2 Å². The largest absolute Gasteiger partial charge is 0.497 e. The van der Waals surface area contributed by atoms with Crippen molar-refractivity contribution in [2.45, 2.75) is 13.5 Å². The summed E-state index contributed by atoms with van der Waals surface area (Å²) in [7, 11) is 3.23. The maximum absolute atomic E-state index is 13.6. The average Bonchev–Trinajstić information content (AvgIpc) is 3.51. The number of rotatable bonds is 7. The van der Waals surface area contributed by atoms with Gasteiger partial charge in [-0.1, -0.05) is 6.07 Å². The first-order valence-corrected chi connectivity index (χ1v) is 11.1. The van der Waals surface area contributed by atoms with Crippen LogP contribution in [0.5, 0.6) is 23.0 Å². The molecular weight excluding hydrogens is 446 g/mol. The summed E-state index contributed by atoms with van der Waals surface area (Å²) in [6, 6.07) is 20.6. The van der Waals surface area contributed by atoms with Gasteiger partial charge in [-0.3, -0.25) is 14.9 Å². The van der Waals surface area contributed by atoms with Crippen molar-refractivity contribution in [1.29, 1.82) is 0 Å². The van der Waals surface area contributed by atoms with Gasteiger partial charge in [0.05, 0.1) is 37.7 Å². The van der Waals surface area contributed by atoms with Gasteiger partial charge in [-0.05, 0) is 73.2 Å². The third-order valence-electron chi connectivity index (χ3n) is 5.90. The van der Waals surface area contributed by atoms with Crippen LogP contribution in [0.15, 0.2) is 76.5 Å². The van der Waals surface area contributed by atoms with Crippen LogP contribution < -0.4 is 24.5 Å². The van der Waals surface area contributed by atoms with E-state index in [4.69, 9.17) is 23.9 Å². The van der Waals surface area contributed by atoms with E-state index in [1.165, 1.54) is 4.68 Å². The van der Waals surface area contributed by atoms with Crippen molar-refractivity contribution in [2.24, 2.45) is 4.99 Å². The highest BCUT2D eigenvalue weighted by Crippen LogP contribution is 2.33. The molecule has 0 unspecified atom stereocenters. The number of aliphatic imine (C=N–C) groups is 1. The maximum atomic E-state index is 13.6. The highest BCUT2D eigenvalue weighted by molar-refractivity contribution is 6.03. The third kappa shape index (κ3) is 4.38. The number of hydrogen-bond donors (Lipinski definition) is 1. The quantitative estimate of drug-likeness (QED) is 0.399. The molecule has 0 amide bonds. The summed E-state index contributed by atoms with van der Waals surface area (Å²) in [4.78, 5) is 18.4. The zero-order valence-electron chi connectivity index (χ0n) is 19.7. The van der Waals surface area contributed by atoms with Crippen molar-refractivity contribution in [2.75, 3.05) is 21.0 Å². The molecule has 8 heteroatoms. The summed E-state index contributed by atoms with van der Waals surface area (Å²) in [6.45, 7) is 2.47. The van der Waals surface area contributed by atoms with E-state index in [0.717, 1.165) is 22.6 Å². The molecule has 0 saturated carbocycles. The molecule has 0 radical (unpaired) electrons. The monoisotopic (exact) mass is 471 g/mol. The summed E-state index contributed by atoms with van der Waals surface area (Å²) in [5, 5.41) is 3.28. The highest BCUT2D eigenvalue weighted by atomic mass is 16.7. The number of aromatic nitrogens is 2. The zero-order chi connectivity index (χ0) is 24.4. The molecule has 8 nitrogen and oxygen atoms in total. The molecule has 1 aromatic heterocycles. The Morgan fingerprint density at radius 1 is 0.943 bits per heavy atom. The lowest BCUT2D eigenvalue weighted by atomic mass is 10.0. The minimum absolute atomic E-state index is 0.187. The van der Waals surface area contributed by atoms with Crippen LogP contribution in [0.4, 0.5) is 0 Å². The van der Waals surface area contributed by atoms with E-state index in [1.807, 2.05) is 73.7 Å². The molecule has 5 rings (SSSR count). The third-order valence-corrected chi connectivity index (χ3v) is 5.90. The fourth-order valence-corrected chi connectivity index (χ4v) is 3.98. The molecule has 1 N–H and O–H groups in total. The molecule has 1 aliphatic rings. The average molecular weight is 472 g/mol. The maximum Gasteiger partial charge on any atom is 0.280 e. The number of nitrogens with zero attached hydrogens (tertiary/aromatic N) is 2. The van der Waals surface area contributed by atoms with Crippen molar-refractivity contribution >= 4 is 5.71 Å². The number of benzene rings is 3. The van der Waals surface area contributed by atoms with Gasteiger partial charge < -0.3 is 18.9 Å². The first-order chi connectivity index (χ1) is 17.1. The van der Waals surface area contributed by atoms with Crippen LogP contribution in [-0.2, 0) is 6.54 Å². The molecule has 4 aromatic rings. The Labute approximate surface area is 202 Å². The van der Waals surface area contributed by atoms with E-state index in [-0.39, 0.29) is 12.4 Å². The second-order valence-corrected chi connectivity index (χ2v) is 8.02. The van der Waals surface area contributed by atoms with Gasteiger partial charge in [0, 0.05) is 11.3 Å². The number of fused-ring (bicyclic) bond motifs is 1. The van der Waals surface area contributed by atoms with Gasteiger partial charge in [0.2, 0.25) is 6.79 Å². The van der Waals surface area contributed by atoms with Crippen molar-refractivity contribution < 1.29 is 18.9 Å². The lowest BCUT2D eigenvalue weighted by Crippen LogP contribution is -2.19. The highest BCUT2D eigenvalue weighted by Gasteiger charge is 2.20. The number of nitrogens with one attached hydrogen (secondary N) is 1. The Bertz CT molecular complexity index is 1430. The van der Waals surface area contributed by atoms with Crippen LogP contribution in [0, 0.1) is 0 Å². The number of aromatic amines is 1. The van der Waals surface area contributed by atoms with Crippen molar-refractivity contribution in [3.63, 3.8) is 0 Å². The Kier molecular flexibility index (Phi) is 6.01. The smallest absolute Gasteiger partial charge is 0.280 e. The fraction of sp³-hybridized carbons (Fsp3) is 0.185. The lowest BCUT2D eigenvalue weighted by Gasteiger charge is -2.06. The summed E-state index contributed by atoms with van der Waals surface area (Å²) < 4.78 is 22.9. The van der Waals surface area contributed by atoms with E-state index in [0.29, 0.717) is 40.7 Å². The number of ether oxygens (including phenoxy) is 4. The lowest BCUT2D eigenvalue weighted by molar-refractivity contribution is 0.174. The molecule has 0 fully saturated rings. The predicted molar refractivity (Wildman–Crippen MR) is 133 cm³/mol. The topological polar surface area (TPSA) is 87.1 Å². The molecule has 2 heterocycles. The molecule has 0 spiro atoms. The minimum atomic E-state index is -0.187. The van der Waals surface area contributed by atoms with Gasteiger partial charge in [0.15, 0.2) is 11.5 Å². The van der Waals surface area contributed by atoms with E-state index in [2.05, 4.69) is 5.10 Å². The Hall–Kier alpha value is -4.46. The second kappa shape index (κ2) is 9.42. The van der Waals surface area contributed by atoms with Crippen LogP contribution in [0.3, 0.4) is 0 Å². The Morgan fingerprint density at radius 3 is 2.29 bits per heavy atom. The van der Waals surface area contributed by atoms with E-state index < -0.39 is 0 Å². The van der Waals surface area contributed by atoms with Crippen LogP contribution in [0.1, 0.15) is 18.1 Å². The fourth-order valence-electron chi connectivity index (χ4n) is 3.98. The van der Waals surface area contributed by atoms with Crippen LogP contribution in [-0.4, -0.2) is 36.5 Å². The molecule has 0 saturated heterocycles. The van der Waals surface area contributed by atoms with Gasteiger partial charge in [-0.25, -0.2) is 4.68 Å². The van der Waals surface area contributed by atoms with Crippen LogP contribution in [0.2, 0.25) is 0 Å².